The number of hydrogen-bond acceptors (Lipinski definition) is 3. The van der Waals surface area contributed by atoms with Gasteiger partial charge in [0.25, 0.3) is 11.8 Å². The molecule has 0 aliphatic carbocycles. The van der Waals surface area contributed by atoms with E-state index in [1.807, 2.05) is 26.0 Å². The Morgan fingerprint density at radius 1 is 1.06 bits per heavy atom. The molecule has 2 aromatic rings. The highest BCUT2D eigenvalue weighted by atomic mass is 79.9. The summed E-state index contributed by atoms with van der Waals surface area (Å²) < 4.78 is 14.1. The third kappa shape index (κ3) is 6.87. The molecule has 0 aromatic heterocycles. The highest BCUT2D eigenvalue weighted by Gasteiger charge is 2.34. The molecule has 2 aromatic carbocycles. The molecule has 1 heterocycles. The van der Waals surface area contributed by atoms with Crippen LogP contribution in [0.5, 0.6) is 0 Å². The van der Waals surface area contributed by atoms with E-state index >= 15 is 0 Å². The number of carbonyl (C=O) groups is 3. The quantitative estimate of drug-likeness (QED) is 0.582. The molecule has 0 spiro atoms. The van der Waals surface area contributed by atoms with Crippen molar-refractivity contribution in [3.05, 3.63) is 69.9 Å². The number of piperidine rings is 1. The standard InChI is InChI=1S/C25H29BrFN3O3/c1-16(2)15-28-24(32)22(29-23(31)18-6-8-21(27)9-7-18)17-10-12-30(13-11-17)25(33)19-4-3-5-20(26)14-19/h3-9,14,16-17,22H,10-13,15H2,1-2H3,(H,28,32)(H,29,31). The van der Waals surface area contributed by atoms with Crippen LogP contribution in [0.2, 0.25) is 0 Å². The zero-order chi connectivity index (χ0) is 24.0. The number of halogens is 2. The number of nitrogens with zero attached hydrogens (tertiary/aromatic N) is 1. The summed E-state index contributed by atoms with van der Waals surface area (Å²) in [5.41, 5.74) is 0.902. The van der Waals surface area contributed by atoms with E-state index in [1.165, 1.54) is 24.3 Å². The van der Waals surface area contributed by atoms with Gasteiger partial charge in [-0.2, -0.15) is 0 Å². The molecule has 1 unspecified atom stereocenters. The van der Waals surface area contributed by atoms with Crippen molar-refractivity contribution in [1.29, 1.82) is 0 Å². The maximum Gasteiger partial charge on any atom is 0.253 e. The molecule has 6 nitrogen and oxygen atoms in total. The summed E-state index contributed by atoms with van der Waals surface area (Å²) in [4.78, 5) is 40.4. The molecule has 0 radical (unpaired) electrons. The van der Waals surface area contributed by atoms with Crippen LogP contribution in [0.25, 0.3) is 0 Å². The number of rotatable bonds is 7. The lowest BCUT2D eigenvalue weighted by Crippen LogP contribution is -2.54. The van der Waals surface area contributed by atoms with Crippen LogP contribution in [0.4, 0.5) is 4.39 Å². The van der Waals surface area contributed by atoms with Gasteiger partial charge in [0.05, 0.1) is 0 Å². The van der Waals surface area contributed by atoms with Crippen LogP contribution in [-0.4, -0.2) is 48.3 Å². The van der Waals surface area contributed by atoms with Crippen LogP contribution in [0.3, 0.4) is 0 Å². The zero-order valence-corrected chi connectivity index (χ0v) is 20.4. The lowest BCUT2D eigenvalue weighted by molar-refractivity contribution is -0.124. The Labute approximate surface area is 202 Å². The Morgan fingerprint density at radius 3 is 2.33 bits per heavy atom. The van der Waals surface area contributed by atoms with Crippen molar-refractivity contribution in [2.24, 2.45) is 11.8 Å². The molecule has 1 fully saturated rings. The van der Waals surface area contributed by atoms with Crippen molar-refractivity contribution in [3.8, 4) is 0 Å². The minimum absolute atomic E-state index is 0.0501. The van der Waals surface area contributed by atoms with Gasteiger partial charge in [0.15, 0.2) is 0 Å². The van der Waals surface area contributed by atoms with Gasteiger partial charge >= 0.3 is 0 Å². The van der Waals surface area contributed by atoms with E-state index in [2.05, 4.69) is 26.6 Å². The van der Waals surface area contributed by atoms with Gasteiger partial charge < -0.3 is 15.5 Å². The van der Waals surface area contributed by atoms with Crippen molar-refractivity contribution in [1.82, 2.24) is 15.5 Å². The van der Waals surface area contributed by atoms with Gasteiger partial charge in [-0.25, -0.2) is 4.39 Å². The summed E-state index contributed by atoms with van der Waals surface area (Å²) in [5, 5.41) is 5.76. The average molecular weight is 518 g/mol. The lowest BCUT2D eigenvalue weighted by Gasteiger charge is -2.36. The summed E-state index contributed by atoms with van der Waals surface area (Å²) in [5.74, 6) is -0.991. The summed E-state index contributed by atoms with van der Waals surface area (Å²) in [7, 11) is 0. The molecule has 3 rings (SSSR count). The van der Waals surface area contributed by atoms with E-state index in [0.717, 1.165) is 4.47 Å². The molecule has 1 saturated heterocycles. The maximum absolute atomic E-state index is 13.2. The Morgan fingerprint density at radius 2 is 1.73 bits per heavy atom. The topological polar surface area (TPSA) is 78.5 Å². The number of carbonyl (C=O) groups excluding carboxylic acids is 3. The van der Waals surface area contributed by atoms with Crippen LogP contribution in [0.1, 0.15) is 47.4 Å². The van der Waals surface area contributed by atoms with E-state index in [4.69, 9.17) is 0 Å². The smallest absolute Gasteiger partial charge is 0.253 e. The molecule has 176 valence electrons. The molecule has 0 saturated carbocycles. The molecule has 1 aliphatic heterocycles. The van der Waals surface area contributed by atoms with Crippen LogP contribution < -0.4 is 10.6 Å². The number of likely N-dealkylation sites (tertiary alicyclic amines) is 1. The molecule has 3 amide bonds. The van der Waals surface area contributed by atoms with Gasteiger partial charge in [-0.1, -0.05) is 35.8 Å². The maximum atomic E-state index is 13.2. The van der Waals surface area contributed by atoms with Crippen molar-refractivity contribution in [2.75, 3.05) is 19.6 Å². The number of nitrogens with one attached hydrogen (secondary N) is 2. The lowest BCUT2D eigenvalue weighted by atomic mass is 9.88. The van der Waals surface area contributed by atoms with E-state index in [0.29, 0.717) is 43.6 Å². The van der Waals surface area contributed by atoms with Gasteiger partial charge in [-0.15, -0.1) is 0 Å². The fourth-order valence-corrected chi connectivity index (χ4v) is 4.28. The minimum atomic E-state index is -0.732. The number of hydrogen-bond donors (Lipinski definition) is 2. The first kappa shape index (κ1) is 24.9. The second-order valence-corrected chi connectivity index (χ2v) is 9.65. The van der Waals surface area contributed by atoms with Gasteiger partial charge in [-0.05, 0) is 67.1 Å². The second-order valence-electron chi connectivity index (χ2n) is 8.74. The summed E-state index contributed by atoms with van der Waals surface area (Å²) in [6.07, 6.45) is 1.17. The van der Waals surface area contributed by atoms with Crippen LogP contribution in [-0.2, 0) is 4.79 Å². The van der Waals surface area contributed by atoms with E-state index in [1.54, 1.807) is 17.0 Å². The first-order valence-corrected chi connectivity index (χ1v) is 11.9. The molecular formula is C25H29BrFN3O3. The van der Waals surface area contributed by atoms with Crippen LogP contribution >= 0.6 is 15.9 Å². The summed E-state index contributed by atoms with van der Waals surface area (Å²) >= 11 is 3.39. The third-order valence-corrected chi connectivity index (χ3v) is 6.22. The molecule has 0 bridgehead atoms. The fraction of sp³-hybridized carbons (Fsp3) is 0.400. The number of benzene rings is 2. The van der Waals surface area contributed by atoms with Crippen LogP contribution in [0, 0.1) is 17.7 Å². The molecule has 33 heavy (non-hydrogen) atoms. The highest BCUT2D eigenvalue weighted by Crippen LogP contribution is 2.24. The van der Waals surface area contributed by atoms with Gasteiger partial charge in [0, 0.05) is 35.2 Å². The molecule has 1 aliphatic rings. The largest absolute Gasteiger partial charge is 0.354 e. The Hall–Kier alpha value is -2.74. The summed E-state index contributed by atoms with van der Waals surface area (Å²) in [6.45, 7) is 5.49. The minimum Gasteiger partial charge on any atom is -0.354 e. The molecule has 8 heteroatoms. The van der Waals surface area contributed by atoms with Gasteiger partial charge in [0.2, 0.25) is 5.91 Å². The van der Waals surface area contributed by atoms with Crippen molar-refractivity contribution < 1.29 is 18.8 Å². The van der Waals surface area contributed by atoms with Crippen LogP contribution in [0.15, 0.2) is 53.0 Å². The fourth-order valence-electron chi connectivity index (χ4n) is 3.88. The van der Waals surface area contributed by atoms with Crippen molar-refractivity contribution in [2.45, 2.75) is 32.7 Å². The predicted octanol–water partition coefficient (Wildman–Crippen LogP) is 4.01. The van der Waals surface area contributed by atoms with Gasteiger partial charge in [-0.3, -0.25) is 14.4 Å². The Balaban J connectivity index is 1.68. The first-order chi connectivity index (χ1) is 15.7. The Bertz CT molecular complexity index is 989. The van der Waals surface area contributed by atoms with E-state index in [9.17, 15) is 18.8 Å². The zero-order valence-electron chi connectivity index (χ0n) is 18.8. The second kappa shape index (κ2) is 11.4. The molecular weight excluding hydrogens is 489 g/mol. The average Bonchev–Trinajstić information content (AvgIpc) is 2.81. The van der Waals surface area contributed by atoms with Gasteiger partial charge in [0.1, 0.15) is 11.9 Å². The highest BCUT2D eigenvalue weighted by molar-refractivity contribution is 9.10. The van der Waals surface area contributed by atoms with Crippen molar-refractivity contribution in [3.63, 3.8) is 0 Å². The monoisotopic (exact) mass is 517 g/mol. The van der Waals surface area contributed by atoms with E-state index in [-0.39, 0.29) is 23.7 Å². The SMILES string of the molecule is CC(C)CNC(=O)C(NC(=O)c1ccc(F)cc1)C1CCN(C(=O)c2cccc(Br)c2)CC1. The molecule has 2 N–H and O–H groups in total. The van der Waals surface area contributed by atoms with E-state index < -0.39 is 17.8 Å². The first-order valence-electron chi connectivity index (χ1n) is 11.1. The molecule has 1 atom stereocenters. The van der Waals surface area contributed by atoms with Crippen molar-refractivity contribution >= 4 is 33.7 Å². The Kier molecular flexibility index (Phi) is 8.61. The normalized spacial score (nSPS) is 15.2. The predicted molar refractivity (Wildman–Crippen MR) is 128 cm³/mol. The number of amides is 3. The summed E-state index contributed by atoms with van der Waals surface area (Å²) in [6, 6.07) is 11.8. The third-order valence-electron chi connectivity index (χ3n) is 5.73.